The summed E-state index contributed by atoms with van der Waals surface area (Å²) in [5.41, 5.74) is 28.4. The van der Waals surface area contributed by atoms with Crippen LogP contribution in [0.4, 0.5) is 0 Å². The van der Waals surface area contributed by atoms with Gasteiger partial charge in [0, 0.05) is 46.7 Å². The van der Waals surface area contributed by atoms with Gasteiger partial charge in [-0.3, -0.25) is 20.0 Å². The van der Waals surface area contributed by atoms with Gasteiger partial charge in [0.1, 0.15) is 6.67 Å². The SMILES string of the molecule is CCCCCCCCC1(CCCCCCCC)c2cc(-c3ccccc3)ccc2-c2ccc(-c3cc(/C=C/c4ccncc4)c(-c4ccc5c(c4)C(CCCCCCCC)(CCCCCCCC)c4cc(-c6ccc(-c7ccccc7)c7c6=NCN=7)ccc4-5)cc3/C=C/c3ccncc3)cc21. The second-order valence-electron chi connectivity index (χ2n) is 29.6. The van der Waals surface area contributed by atoms with Crippen molar-refractivity contribution in [2.75, 3.05) is 6.67 Å². The normalized spacial score (nSPS) is 13.7. The molecule has 0 saturated carbocycles. The minimum Gasteiger partial charge on any atom is -0.265 e. The lowest BCUT2D eigenvalue weighted by molar-refractivity contribution is 0.398. The Labute approximate surface area is 605 Å². The van der Waals surface area contributed by atoms with Gasteiger partial charge in [-0.05, 0) is 198 Å². The molecular weight excluding hydrogens is 1220 g/mol. The zero-order valence-electron chi connectivity index (χ0n) is 61.2. The largest absolute Gasteiger partial charge is 0.265 e. The van der Waals surface area contributed by atoms with E-state index in [1.807, 2.05) is 24.8 Å². The molecular formula is C97H108N4. The van der Waals surface area contributed by atoms with Gasteiger partial charge < -0.3 is 0 Å². The summed E-state index contributed by atoms with van der Waals surface area (Å²) in [4.78, 5) is 19.1. The fourth-order valence-corrected chi connectivity index (χ4v) is 17.3. The van der Waals surface area contributed by atoms with Crippen molar-refractivity contribution in [2.45, 2.75) is 218 Å². The Kier molecular flexibility index (Phi) is 24.2. The molecule has 0 bridgehead atoms. The van der Waals surface area contributed by atoms with Crippen molar-refractivity contribution >= 4 is 24.3 Å². The Bertz CT molecular complexity index is 4530. The zero-order valence-corrected chi connectivity index (χ0v) is 61.2. The summed E-state index contributed by atoms with van der Waals surface area (Å²) < 4.78 is 0. The van der Waals surface area contributed by atoms with Crippen molar-refractivity contribution in [3.8, 4) is 77.9 Å². The van der Waals surface area contributed by atoms with Gasteiger partial charge >= 0.3 is 0 Å². The third kappa shape index (κ3) is 16.1. The lowest BCUT2D eigenvalue weighted by Gasteiger charge is -2.34. The van der Waals surface area contributed by atoms with E-state index in [9.17, 15) is 0 Å². The first kappa shape index (κ1) is 70.6. The van der Waals surface area contributed by atoms with Crippen LogP contribution in [0.5, 0.6) is 0 Å². The predicted octanol–water partition coefficient (Wildman–Crippen LogP) is 26.9. The fourth-order valence-electron chi connectivity index (χ4n) is 17.3. The van der Waals surface area contributed by atoms with E-state index in [1.54, 1.807) is 0 Å². The predicted molar refractivity (Wildman–Crippen MR) is 432 cm³/mol. The second-order valence-corrected chi connectivity index (χ2v) is 29.6. The molecule has 0 radical (unpaired) electrons. The monoisotopic (exact) mass is 1330 g/mol. The van der Waals surface area contributed by atoms with Crippen molar-refractivity contribution in [2.24, 2.45) is 9.98 Å². The van der Waals surface area contributed by atoms with Gasteiger partial charge in [-0.1, -0.05) is 327 Å². The quantitative estimate of drug-likeness (QED) is 0.0364. The summed E-state index contributed by atoms with van der Waals surface area (Å²) in [7, 11) is 0. The molecule has 1 aliphatic heterocycles. The number of unbranched alkanes of at least 4 members (excludes halogenated alkanes) is 20. The smallest absolute Gasteiger partial charge is 0.130 e. The molecule has 10 aromatic rings. The molecule has 2 aliphatic carbocycles. The van der Waals surface area contributed by atoms with E-state index in [0.29, 0.717) is 6.67 Å². The molecule has 0 spiro atoms. The molecule has 3 aliphatic rings. The van der Waals surface area contributed by atoms with Crippen LogP contribution in [0, 0.1) is 0 Å². The lowest BCUT2D eigenvalue weighted by Crippen LogP contribution is -2.27. The highest BCUT2D eigenvalue weighted by atomic mass is 15.0. The van der Waals surface area contributed by atoms with Crippen LogP contribution < -0.4 is 10.7 Å². The van der Waals surface area contributed by atoms with Crippen molar-refractivity contribution < 1.29 is 0 Å². The molecule has 0 fully saturated rings. The molecule has 0 unspecified atom stereocenters. The maximum absolute atomic E-state index is 5.15. The number of hydrogen-bond donors (Lipinski definition) is 0. The van der Waals surface area contributed by atoms with Gasteiger partial charge in [-0.25, -0.2) is 0 Å². The third-order valence-corrected chi connectivity index (χ3v) is 22.8. The van der Waals surface area contributed by atoms with Crippen LogP contribution >= 0.6 is 0 Å². The maximum Gasteiger partial charge on any atom is 0.130 e. The van der Waals surface area contributed by atoms with Crippen molar-refractivity contribution in [3.63, 3.8) is 0 Å². The van der Waals surface area contributed by atoms with E-state index in [-0.39, 0.29) is 10.8 Å². The number of benzene rings is 8. The molecule has 0 atom stereocenters. The van der Waals surface area contributed by atoms with E-state index in [0.717, 1.165) is 53.1 Å². The highest BCUT2D eigenvalue weighted by Crippen LogP contribution is 2.58. The summed E-state index contributed by atoms with van der Waals surface area (Å²) in [5, 5.41) is 2.04. The highest BCUT2D eigenvalue weighted by molar-refractivity contribution is 5.94. The average Bonchev–Trinajstić information content (AvgIpc) is 1.57. The van der Waals surface area contributed by atoms with Gasteiger partial charge in [-0.15, -0.1) is 0 Å². The van der Waals surface area contributed by atoms with Crippen LogP contribution in [0.2, 0.25) is 0 Å². The summed E-state index contributed by atoms with van der Waals surface area (Å²) >= 11 is 0. The lowest BCUT2D eigenvalue weighted by atomic mass is 9.69. The summed E-state index contributed by atoms with van der Waals surface area (Å²) in [6, 6.07) is 70.4. The van der Waals surface area contributed by atoms with Crippen molar-refractivity contribution in [3.05, 3.63) is 262 Å². The Morgan fingerprint density at radius 3 is 0.950 bits per heavy atom. The number of pyridine rings is 2. The highest BCUT2D eigenvalue weighted by Gasteiger charge is 2.45. The number of fused-ring (bicyclic) bond motifs is 7. The Morgan fingerprint density at radius 2 is 0.574 bits per heavy atom. The molecule has 0 amide bonds. The molecule has 4 heteroatoms. The van der Waals surface area contributed by atoms with Crippen LogP contribution in [0.15, 0.2) is 217 Å². The van der Waals surface area contributed by atoms with E-state index in [1.165, 1.54) is 260 Å². The van der Waals surface area contributed by atoms with Gasteiger partial charge in [-0.2, -0.15) is 0 Å². The standard InChI is InChI=1S/C97H108N4/c1-5-9-13-17-21-31-57-96(58-32-22-18-14-10-6-2)90-67-76(74-35-27-25-28-36-74)43-47-84(90)86-49-45-80(69-92(86)96)88-65-78(42-40-73-55-63-99-64-56-73)89(66-77(88)41-39-72-53-61-98-62-54-72)81-46-50-87-85-48-44-79(83-52-51-82(75-37-29-26-30-38-75)94-95(83)101-71-100-94)68-91(85)97(93(87)70-81,59-33-23-19-15-11-7-3)60-34-24-20-16-12-8-4/h25-30,35-56,61-70H,5-24,31-34,57-60,71H2,1-4H3/b41-39+,42-40+. The molecule has 0 saturated heterocycles. The number of hydrogen-bond acceptors (Lipinski definition) is 4. The molecule has 4 nitrogen and oxygen atoms in total. The number of nitrogens with zero attached hydrogens (tertiary/aromatic N) is 4. The van der Waals surface area contributed by atoms with Crippen LogP contribution in [0.25, 0.3) is 102 Å². The molecule has 3 heterocycles. The summed E-state index contributed by atoms with van der Waals surface area (Å²) in [5.74, 6) is 0. The molecule has 13 rings (SSSR count). The van der Waals surface area contributed by atoms with Crippen LogP contribution in [-0.4, -0.2) is 16.6 Å². The van der Waals surface area contributed by atoms with Crippen LogP contribution in [0.1, 0.15) is 252 Å². The third-order valence-electron chi connectivity index (χ3n) is 22.8. The van der Waals surface area contributed by atoms with Crippen LogP contribution in [0.3, 0.4) is 0 Å². The average molecular weight is 1330 g/mol. The number of aromatic nitrogens is 2. The Hall–Kier alpha value is -8.86. The Morgan fingerprint density at radius 1 is 0.267 bits per heavy atom. The van der Waals surface area contributed by atoms with Gasteiger partial charge in [0.2, 0.25) is 0 Å². The molecule has 2 aromatic heterocycles. The Balaban J connectivity index is 0.984. The summed E-state index contributed by atoms with van der Waals surface area (Å²) in [6.07, 6.45) is 52.2. The number of rotatable bonds is 37. The van der Waals surface area contributed by atoms with E-state index < -0.39 is 0 Å². The molecule has 101 heavy (non-hydrogen) atoms. The van der Waals surface area contributed by atoms with E-state index >= 15 is 0 Å². The fraction of sp³-hybridized carbons (Fsp3) is 0.361. The van der Waals surface area contributed by atoms with Crippen molar-refractivity contribution in [1.29, 1.82) is 0 Å². The van der Waals surface area contributed by atoms with E-state index in [4.69, 9.17) is 9.98 Å². The first-order valence-electron chi connectivity index (χ1n) is 39.5. The van der Waals surface area contributed by atoms with Gasteiger partial charge in [0.05, 0.1) is 10.7 Å². The minimum atomic E-state index is -0.181. The van der Waals surface area contributed by atoms with Crippen LogP contribution in [-0.2, 0) is 10.8 Å². The first-order chi connectivity index (χ1) is 49.9. The maximum atomic E-state index is 5.15. The van der Waals surface area contributed by atoms with Gasteiger partial charge in [0.15, 0.2) is 0 Å². The molecule has 8 aromatic carbocycles. The van der Waals surface area contributed by atoms with Crippen molar-refractivity contribution in [1.82, 2.24) is 9.97 Å². The molecule has 0 N–H and O–H groups in total. The minimum absolute atomic E-state index is 0.115. The van der Waals surface area contributed by atoms with Gasteiger partial charge in [0.25, 0.3) is 0 Å². The first-order valence-corrected chi connectivity index (χ1v) is 39.5. The molecule has 516 valence electrons. The second kappa shape index (κ2) is 34.7. The topological polar surface area (TPSA) is 50.5 Å². The zero-order chi connectivity index (χ0) is 69.1. The van der Waals surface area contributed by atoms with E-state index in [2.05, 4.69) is 244 Å². The summed E-state index contributed by atoms with van der Waals surface area (Å²) in [6.45, 7) is 9.81.